The summed E-state index contributed by atoms with van der Waals surface area (Å²) in [5.74, 6) is 0.949. The predicted octanol–water partition coefficient (Wildman–Crippen LogP) is 2.17. The Morgan fingerprint density at radius 1 is 1.43 bits per heavy atom. The van der Waals surface area contributed by atoms with Crippen molar-refractivity contribution in [2.45, 2.75) is 38.5 Å². The van der Waals surface area contributed by atoms with E-state index in [0.29, 0.717) is 4.99 Å². The van der Waals surface area contributed by atoms with E-state index in [1.54, 1.807) is 0 Å². The molecule has 1 aliphatic carbocycles. The maximum absolute atomic E-state index is 5.46. The highest BCUT2D eigenvalue weighted by Crippen LogP contribution is 2.25. The van der Waals surface area contributed by atoms with Crippen LogP contribution in [0.15, 0.2) is 0 Å². The first kappa shape index (κ1) is 11.9. The van der Waals surface area contributed by atoms with Crippen molar-refractivity contribution >= 4 is 17.2 Å². The molecule has 1 aliphatic rings. The van der Waals surface area contributed by atoms with Crippen LogP contribution in [0.4, 0.5) is 0 Å². The Bertz CT molecular complexity index is 176. The summed E-state index contributed by atoms with van der Waals surface area (Å²) in [5, 5.41) is 0. The lowest BCUT2D eigenvalue weighted by Crippen LogP contribution is -2.26. The molecule has 3 heteroatoms. The van der Waals surface area contributed by atoms with Gasteiger partial charge >= 0.3 is 0 Å². The van der Waals surface area contributed by atoms with Gasteiger partial charge in [-0.15, -0.1) is 0 Å². The maximum Gasteiger partial charge on any atom is 0.0727 e. The van der Waals surface area contributed by atoms with Gasteiger partial charge in [-0.1, -0.05) is 25.1 Å². The Balaban J connectivity index is 2.03. The van der Waals surface area contributed by atoms with Crippen LogP contribution in [-0.4, -0.2) is 30.0 Å². The minimum absolute atomic E-state index is 0.652. The van der Waals surface area contributed by atoms with E-state index in [4.69, 9.17) is 18.0 Å². The highest BCUT2D eigenvalue weighted by atomic mass is 32.1. The number of hydrogen-bond donors (Lipinski definition) is 1. The van der Waals surface area contributed by atoms with Gasteiger partial charge in [-0.25, -0.2) is 0 Å². The highest BCUT2D eigenvalue weighted by molar-refractivity contribution is 7.80. The average molecular weight is 214 g/mol. The predicted molar refractivity (Wildman–Crippen MR) is 65.5 cm³/mol. The summed E-state index contributed by atoms with van der Waals surface area (Å²) < 4.78 is 0. The van der Waals surface area contributed by atoms with E-state index < -0.39 is 0 Å². The summed E-state index contributed by atoms with van der Waals surface area (Å²) in [4.78, 5) is 3.08. The molecule has 0 radical (unpaired) electrons. The van der Waals surface area contributed by atoms with Gasteiger partial charge in [0.2, 0.25) is 0 Å². The number of thiocarbonyl (C=S) groups is 1. The molecule has 0 aliphatic heterocycles. The molecule has 0 saturated heterocycles. The Hall–Kier alpha value is -0.150. The fourth-order valence-electron chi connectivity index (χ4n) is 2.25. The van der Waals surface area contributed by atoms with Crippen LogP contribution in [0, 0.1) is 5.92 Å². The van der Waals surface area contributed by atoms with Gasteiger partial charge in [0.15, 0.2) is 0 Å². The molecule has 0 aromatic rings. The zero-order valence-electron chi connectivity index (χ0n) is 9.17. The topological polar surface area (TPSA) is 29.3 Å². The van der Waals surface area contributed by atoms with Gasteiger partial charge < -0.3 is 10.6 Å². The summed E-state index contributed by atoms with van der Waals surface area (Å²) in [6.45, 7) is 2.39. The quantitative estimate of drug-likeness (QED) is 0.687. The van der Waals surface area contributed by atoms with Crippen molar-refractivity contribution in [1.29, 1.82) is 0 Å². The standard InChI is InChI=1S/C11H22N2S/c1-13(8-4-7-11(12)14)9-10-5-2-3-6-10/h10H,2-9H2,1H3,(H2,12,14). The van der Waals surface area contributed by atoms with Gasteiger partial charge in [-0.2, -0.15) is 0 Å². The smallest absolute Gasteiger partial charge is 0.0727 e. The van der Waals surface area contributed by atoms with Crippen LogP contribution in [0.25, 0.3) is 0 Å². The van der Waals surface area contributed by atoms with Crippen molar-refractivity contribution in [3.05, 3.63) is 0 Å². The Morgan fingerprint density at radius 3 is 2.64 bits per heavy atom. The minimum Gasteiger partial charge on any atom is -0.393 e. The van der Waals surface area contributed by atoms with Gasteiger partial charge in [0.05, 0.1) is 4.99 Å². The van der Waals surface area contributed by atoms with Crippen LogP contribution < -0.4 is 5.73 Å². The van der Waals surface area contributed by atoms with Crippen LogP contribution in [0.3, 0.4) is 0 Å². The lowest BCUT2D eigenvalue weighted by atomic mass is 10.1. The molecule has 1 rings (SSSR count). The largest absolute Gasteiger partial charge is 0.393 e. The van der Waals surface area contributed by atoms with Gasteiger partial charge in [0.25, 0.3) is 0 Å². The maximum atomic E-state index is 5.46. The Kier molecular flexibility index (Phi) is 5.41. The second-order valence-corrected chi connectivity index (χ2v) is 5.01. The van der Waals surface area contributed by atoms with Crippen molar-refractivity contribution in [2.75, 3.05) is 20.1 Å². The molecule has 0 unspecified atom stereocenters. The summed E-state index contributed by atoms with van der Waals surface area (Å²) in [7, 11) is 2.21. The molecule has 0 aromatic heterocycles. The third-order valence-electron chi connectivity index (χ3n) is 3.01. The molecule has 14 heavy (non-hydrogen) atoms. The van der Waals surface area contributed by atoms with E-state index in [2.05, 4.69) is 11.9 Å². The number of hydrogen-bond acceptors (Lipinski definition) is 2. The van der Waals surface area contributed by atoms with Gasteiger partial charge in [-0.05, 0) is 45.2 Å². The minimum atomic E-state index is 0.652. The number of rotatable bonds is 6. The first-order chi connectivity index (χ1) is 6.68. The first-order valence-electron chi connectivity index (χ1n) is 5.65. The zero-order chi connectivity index (χ0) is 10.4. The van der Waals surface area contributed by atoms with Crippen LogP contribution in [-0.2, 0) is 0 Å². The SMILES string of the molecule is CN(CCCC(N)=S)CC1CCCC1. The van der Waals surface area contributed by atoms with E-state index in [9.17, 15) is 0 Å². The second kappa shape index (κ2) is 6.36. The normalized spacial score (nSPS) is 17.9. The Labute approximate surface area is 92.8 Å². The van der Waals surface area contributed by atoms with E-state index >= 15 is 0 Å². The fraction of sp³-hybridized carbons (Fsp3) is 0.909. The summed E-state index contributed by atoms with van der Waals surface area (Å²) in [5.41, 5.74) is 5.46. The van der Waals surface area contributed by atoms with Crippen molar-refractivity contribution in [3.8, 4) is 0 Å². The molecule has 0 bridgehead atoms. The van der Waals surface area contributed by atoms with E-state index in [-0.39, 0.29) is 0 Å². The van der Waals surface area contributed by atoms with Gasteiger partial charge in [0.1, 0.15) is 0 Å². The van der Waals surface area contributed by atoms with Crippen molar-refractivity contribution in [2.24, 2.45) is 11.7 Å². The average Bonchev–Trinajstić information content (AvgIpc) is 2.56. The van der Waals surface area contributed by atoms with Gasteiger partial charge in [-0.3, -0.25) is 0 Å². The number of nitrogens with two attached hydrogens (primary N) is 1. The fourth-order valence-corrected chi connectivity index (χ4v) is 2.39. The summed E-state index contributed by atoms with van der Waals surface area (Å²) in [6, 6.07) is 0. The van der Waals surface area contributed by atoms with E-state index in [0.717, 1.165) is 25.3 Å². The molecule has 0 spiro atoms. The lowest BCUT2D eigenvalue weighted by molar-refractivity contribution is 0.277. The van der Waals surface area contributed by atoms with Crippen molar-refractivity contribution < 1.29 is 0 Å². The molecule has 0 amide bonds. The number of nitrogens with zero attached hydrogens (tertiary/aromatic N) is 1. The van der Waals surface area contributed by atoms with Crippen LogP contribution in [0.5, 0.6) is 0 Å². The summed E-state index contributed by atoms with van der Waals surface area (Å²) >= 11 is 4.85. The van der Waals surface area contributed by atoms with Crippen LogP contribution >= 0.6 is 12.2 Å². The molecule has 1 saturated carbocycles. The van der Waals surface area contributed by atoms with Crippen molar-refractivity contribution in [1.82, 2.24) is 4.90 Å². The third-order valence-corrected chi connectivity index (χ3v) is 3.21. The van der Waals surface area contributed by atoms with Crippen molar-refractivity contribution in [3.63, 3.8) is 0 Å². The third kappa shape index (κ3) is 4.91. The lowest BCUT2D eigenvalue weighted by Gasteiger charge is -2.20. The van der Waals surface area contributed by atoms with E-state index in [1.165, 1.54) is 32.2 Å². The second-order valence-electron chi connectivity index (χ2n) is 4.48. The molecule has 2 nitrogen and oxygen atoms in total. The molecule has 0 atom stereocenters. The Morgan fingerprint density at radius 2 is 2.07 bits per heavy atom. The molecule has 0 heterocycles. The van der Waals surface area contributed by atoms with E-state index in [1.807, 2.05) is 0 Å². The van der Waals surface area contributed by atoms with Crippen LogP contribution in [0.2, 0.25) is 0 Å². The first-order valence-corrected chi connectivity index (χ1v) is 6.06. The van der Waals surface area contributed by atoms with Gasteiger partial charge in [0, 0.05) is 6.54 Å². The molecule has 0 aromatic carbocycles. The van der Waals surface area contributed by atoms with Crippen LogP contribution in [0.1, 0.15) is 38.5 Å². The molecular weight excluding hydrogens is 192 g/mol. The molecular formula is C11H22N2S. The molecule has 82 valence electrons. The monoisotopic (exact) mass is 214 g/mol. The zero-order valence-corrected chi connectivity index (χ0v) is 9.98. The molecule has 1 fully saturated rings. The molecule has 2 N–H and O–H groups in total. The summed E-state index contributed by atoms with van der Waals surface area (Å²) in [6.07, 6.45) is 7.74. The highest BCUT2D eigenvalue weighted by Gasteiger charge is 2.16.